The van der Waals surface area contributed by atoms with Crippen molar-refractivity contribution in [3.05, 3.63) is 11.6 Å². The monoisotopic (exact) mass is 221 g/mol. The minimum absolute atomic E-state index is 0.0788. The molecule has 3 heteroatoms. The first-order valence-electron chi connectivity index (χ1n) is 6.19. The van der Waals surface area contributed by atoms with Gasteiger partial charge in [0.25, 0.3) is 11.8 Å². The van der Waals surface area contributed by atoms with Crippen molar-refractivity contribution >= 4 is 11.8 Å². The van der Waals surface area contributed by atoms with Gasteiger partial charge in [0.1, 0.15) is 0 Å². The van der Waals surface area contributed by atoms with Gasteiger partial charge in [-0.25, -0.2) is 0 Å². The van der Waals surface area contributed by atoms with Gasteiger partial charge in [0.05, 0.1) is 0 Å². The molecule has 1 heterocycles. The Kier molecular flexibility index (Phi) is 3.13. The summed E-state index contributed by atoms with van der Waals surface area (Å²) in [7, 11) is 0. The molecule has 88 valence electrons. The summed E-state index contributed by atoms with van der Waals surface area (Å²) in [4.78, 5) is 25.0. The number of amides is 2. The Labute approximate surface area is 96.5 Å². The molecule has 1 fully saturated rings. The molecule has 1 aliphatic heterocycles. The minimum Gasteiger partial charge on any atom is -0.272 e. The Morgan fingerprint density at radius 1 is 1.25 bits per heavy atom. The maximum absolute atomic E-state index is 11.8. The molecule has 0 aromatic heterocycles. The van der Waals surface area contributed by atoms with E-state index in [0.29, 0.717) is 5.57 Å². The van der Waals surface area contributed by atoms with Crippen molar-refractivity contribution in [2.75, 3.05) is 0 Å². The molecule has 0 unspecified atom stereocenters. The van der Waals surface area contributed by atoms with Gasteiger partial charge in [-0.2, -0.15) is 0 Å². The molecule has 0 bridgehead atoms. The number of rotatable bonds is 2. The number of hydrogen-bond acceptors (Lipinski definition) is 2. The third-order valence-electron chi connectivity index (χ3n) is 3.89. The molecule has 1 aliphatic carbocycles. The van der Waals surface area contributed by atoms with Crippen LogP contribution in [0.1, 0.15) is 46.0 Å². The van der Waals surface area contributed by atoms with Gasteiger partial charge in [-0.3, -0.25) is 14.5 Å². The lowest BCUT2D eigenvalue weighted by Crippen LogP contribution is -2.42. The average Bonchev–Trinajstić information content (AvgIpc) is 2.54. The molecule has 2 aliphatic rings. The van der Waals surface area contributed by atoms with Crippen LogP contribution < -0.4 is 0 Å². The molecular weight excluding hydrogens is 202 g/mol. The van der Waals surface area contributed by atoms with Crippen molar-refractivity contribution in [1.29, 1.82) is 0 Å². The SMILES string of the molecule is CCC1CCC(N2C(=O)C=C(C)C2=O)CC1. The van der Waals surface area contributed by atoms with Crippen molar-refractivity contribution in [3.8, 4) is 0 Å². The second-order valence-corrected chi connectivity index (χ2v) is 4.92. The zero-order valence-corrected chi connectivity index (χ0v) is 10.0. The van der Waals surface area contributed by atoms with Crippen LogP contribution in [-0.4, -0.2) is 22.8 Å². The van der Waals surface area contributed by atoms with E-state index in [2.05, 4.69) is 6.92 Å². The fourth-order valence-corrected chi connectivity index (χ4v) is 2.76. The lowest BCUT2D eigenvalue weighted by molar-refractivity contribution is -0.140. The Hall–Kier alpha value is -1.12. The van der Waals surface area contributed by atoms with Crippen molar-refractivity contribution in [2.45, 2.75) is 52.0 Å². The molecule has 0 aromatic rings. The molecule has 3 nitrogen and oxygen atoms in total. The van der Waals surface area contributed by atoms with Crippen LogP contribution in [0.25, 0.3) is 0 Å². The molecule has 16 heavy (non-hydrogen) atoms. The summed E-state index contributed by atoms with van der Waals surface area (Å²) in [5.74, 6) is 0.602. The number of hydrogen-bond donors (Lipinski definition) is 0. The van der Waals surface area contributed by atoms with E-state index in [9.17, 15) is 9.59 Å². The molecule has 0 saturated heterocycles. The van der Waals surface area contributed by atoms with Crippen LogP contribution in [0.5, 0.6) is 0 Å². The summed E-state index contributed by atoms with van der Waals surface area (Å²) in [5.41, 5.74) is 0.586. The maximum atomic E-state index is 11.8. The van der Waals surface area contributed by atoms with Gasteiger partial charge >= 0.3 is 0 Å². The number of imide groups is 1. The van der Waals surface area contributed by atoms with Crippen LogP contribution in [0.4, 0.5) is 0 Å². The summed E-state index contributed by atoms with van der Waals surface area (Å²) in [5, 5.41) is 0. The van der Waals surface area contributed by atoms with Gasteiger partial charge < -0.3 is 0 Å². The Bertz CT molecular complexity index is 338. The van der Waals surface area contributed by atoms with Crippen molar-refractivity contribution in [1.82, 2.24) is 4.90 Å². The molecule has 1 saturated carbocycles. The highest BCUT2D eigenvalue weighted by Crippen LogP contribution is 2.31. The van der Waals surface area contributed by atoms with E-state index in [-0.39, 0.29) is 17.9 Å². The largest absolute Gasteiger partial charge is 0.272 e. The predicted octanol–water partition coefficient (Wildman–Crippen LogP) is 2.27. The van der Waals surface area contributed by atoms with Crippen LogP contribution >= 0.6 is 0 Å². The molecule has 0 atom stereocenters. The number of carbonyl (C=O) groups excluding carboxylic acids is 2. The highest BCUT2D eigenvalue weighted by atomic mass is 16.2. The average molecular weight is 221 g/mol. The standard InChI is InChI=1S/C13H19NO2/c1-3-10-4-6-11(7-5-10)14-12(15)8-9(2)13(14)16/h8,10-11H,3-7H2,1-2H3. The van der Waals surface area contributed by atoms with E-state index in [0.717, 1.165) is 31.6 Å². The van der Waals surface area contributed by atoms with Gasteiger partial charge in [-0.1, -0.05) is 13.3 Å². The highest BCUT2D eigenvalue weighted by Gasteiger charge is 2.36. The Morgan fingerprint density at radius 3 is 2.31 bits per heavy atom. The first kappa shape index (κ1) is 11.4. The first-order chi connectivity index (χ1) is 7.63. The van der Waals surface area contributed by atoms with Gasteiger partial charge in [0.2, 0.25) is 0 Å². The van der Waals surface area contributed by atoms with E-state index in [1.807, 2.05) is 0 Å². The van der Waals surface area contributed by atoms with E-state index >= 15 is 0 Å². The molecule has 2 amide bonds. The van der Waals surface area contributed by atoms with Crippen LogP contribution in [0.2, 0.25) is 0 Å². The van der Waals surface area contributed by atoms with Crippen LogP contribution in [-0.2, 0) is 9.59 Å². The van der Waals surface area contributed by atoms with E-state index in [4.69, 9.17) is 0 Å². The summed E-state index contributed by atoms with van der Waals surface area (Å²) in [6, 6.07) is 0.150. The van der Waals surface area contributed by atoms with Gasteiger partial charge in [-0.15, -0.1) is 0 Å². The van der Waals surface area contributed by atoms with Crippen molar-refractivity contribution in [3.63, 3.8) is 0 Å². The molecular formula is C13H19NO2. The van der Waals surface area contributed by atoms with E-state index in [1.54, 1.807) is 6.92 Å². The first-order valence-corrected chi connectivity index (χ1v) is 6.19. The van der Waals surface area contributed by atoms with Crippen LogP contribution in [0.3, 0.4) is 0 Å². The smallest absolute Gasteiger partial charge is 0.256 e. The van der Waals surface area contributed by atoms with Gasteiger partial charge in [-0.05, 0) is 38.5 Å². The zero-order chi connectivity index (χ0) is 11.7. The third kappa shape index (κ3) is 1.91. The maximum Gasteiger partial charge on any atom is 0.256 e. The van der Waals surface area contributed by atoms with E-state index < -0.39 is 0 Å². The zero-order valence-electron chi connectivity index (χ0n) is 10.0. The second kappa shape index (κ2) is 4.40. The van der Waals surface area contributed by atoms with Crippen LogP contribution in [0.15, 0.2) is 11.6 Å². The fourth-order valence-electron chi connectivity index (χ4n) is 2.76. The molecule has 0 N–H and O–H groups in total. The van der Waals surface area contributed by atoms with Crippen molar-refractivity contribution in [2.24, 2.45) is 5.92 Å². The van der Waals surface area contributed by atoms with Crippen molar-refractivity contribution < 1.29 is 9.59 Å². The summed E-state index contributed by atoms with van der Waals surface area (Å²) in [6.45, 7) is 3.93. The molecule has 0 spiro atoms. The molecule has 0 radical (unpaired) electrons. The van der Waals surface area contributed by atoms with Gasteiger partial charge in [0.15, 0.2) is 0 Å². The Morgan fingerprint density at radius 2 is 1.88 bits per heavy atom. The van der Waals surface area contributed by atoms with Gasteiger partial charge in [0, 0.05) is 17.7 Å². The lowest BCUT2D eigenvalue weighted by Gasteiger charge is -2.33. The number of carbonyl (C=O) groups is 2. The normalized spacial score (nSPS) is 30.9. The number of nitrogens with zero attached hydrogens (tertiary/aromatic N) is 1. The quantitative estimate of drug-likeness (QED) is 0.671. The molecule has 0 aromatic carbocycles. The summed E-state index contributed by atoms with van der Waals surface area (Å²) in [6.07, 6.45) is 6.95. The highest BCUT2D eigenvalue weighted by molar-refractivity contribution is 6.16. The van der Waals surface area contributed by atoms with E-state index in [1.165, 1.54) is 17.4 Å². The lowest BCUT2D eigenvalue weighted by atomic mass is 9.84. The predicted molar refractivity (Wildman–Crippen MR) is 61.6 cm³/mol. The Balaban J connectivity index is 2.00. The topological polar surface area (TPSA) is 37.4 Å². The fraction of sp³-hybridized carbons (Fsp3) is 0.692. The molecule has 2 rings (SSSR count). The van der Waals surface area contributed by atoms with Crippen LogP contribution in [0, 0.1) is 5.92 Å². The summed E-state index contributed by atoms with van der Waals surface area (Å²) >= 11 is 0. The third-order valence-corrected chi connectivity index (χ3v) is 3.89. The summed E-state index contributed by atoms with van der Waals surface area (Å²) < 4.78 is 0. The minimum atomic E-state index is -0.109. The second-order valence-electron chi connectivity index (χ2n) is 4.92.